The Kier molecular flexibility index (Phi) is 6.41. The van der Waals surface area contributed by atoms with Crippen LogP contribution in [0.3, 0.4) is 0 Å². The smallest absolute Gasteiger partial charge is 0.336 e. The number of hydrazone groups is 1. The van der Waals surface area contributed by atoms with E-state index in [-0.39, 0.29) is 24.4 Å². The summed E-state index contributed by atoms with van der Waals surface area (Å²) in [5.74, 6) is -1.72. The third kappa shape index (κ3) is 5.58. The van der Waals surface area contributed by atoms with Crippen LogP contribution in [0.5, 0.6) is 0 Å². The second kappa shape index (κ2) is 8.97. The van der Waals surface area contributed by atoms with E-state index >= 15 is 0 Å². The molecule has 0 unspecified atom stereocenters. The largest absolute Gasteiger partial charge is 0.478 e. The van der Waals surface area contributed by atoms with Crippen LogP contribution < -0.4 is 10.7 Å². The Bertz CT molecular complexity index is 788. The van der Waals surface area contributed by atoms with Crippen molar-refractivity contribution in [3.8, 4) is 0 Å². The SMILES string of the molecule is O=C(CCNC(=O)c1ccccc1)NN=Cc1ccccc1C(=O)O. The molecule has 0 saturated carbocycles. The molecule has 0 bridgehead atoms. The van der Waals surface area contributed by atoms with Gasteiger partial charge in [0.2, 0.25) is 5.91 Å². The number of carbonyl (C=O) groups is 3. The maximum Gasteiger partial charge on any atom is 0.336 e. The third-order valence-corrected chi connectivity index (χ3v) is 3.26. The molecule has 7 nitrogen and oxygen atoms in total. The van der Waals surface area contributed by atoms with E-state index in [4.69, 9.17) is 5.11 Å². The van der Waals surface area contributed by atoms with Crippen molar-refractivity contribution in [2.45, 2.75) is 6.42 Å². The zero-order valence-corrected chi connectivity index (χ0v) is 13.3. The molecule has 2 amide bonds. The van der Waals surface area contributed by atoms with E-state index in [1.165, 1.54) is 12.3 Å². The van der Waals surface area contributed by atoms with E-state index in [0.717, 1.165) is 0 Å². The summed E-state index contributed by atoms with van der Waals surface area (Å²) in [5.41, 5.74) is 3.29. The number of rotatable bonds is 7. The van der Waals surface area contributed by atoms with Crippen LogP contribution in [-0.2, 0) is 4.79 Å². The first-order valence-corrected chi connectivity index (χ1v) is 7.55. The Morgan fingerprint density at radius 1 is 1.00 bits per heavy atom. The highest BCUT2D eigenvalue weighted by atomic mass is 16.4. The van der Waals surface area contributed by atoms with Gasteiger partial charge in [-0.15, -0.1) is 0 Å². The molecule has 128 valence electrons. The van der Waals surface area contributed by atoms with E-state index in [0.29, 0.717) is 11.1 Å². The summed E-state index contributed by atoms with van der Waals surface area (Å²) in [7, 11) is 0. The van der Waals surface area contributed by atoms with Crippen LogP contribution in [0.1, 0.15) is 32.7 Å². The summed E-state index contributed by atoms with van der Waals surface area (Å²) in [6.45, 7) is 0.167. The second-order valence-electron chi connectivity index (χ2n) is 5.06. The number of hydrogen-bond acceptors (Lipinski definition) is 4. The molecule has 25 heavy (non-hydrogen) atoms. The summed E-state index contributed by atoms with van der Waals surface area (Å²) in [6.07, 6.45) is 1.32. The van der Waals surface area contributed by atoms with Gasteiger partial charge in [0.05, 0.1) is 11.8 Å². The van der Waals surface area contributed by atoms with Crippen molar-refractivity contribution in [1.29, 1.82) is 0 Å². The Morgan fingerprint density at radius 3 is 2.40 bits per heavy atom. The van der Waals surface area contributed by atoms with Gasteiger partial charge in [0.1, 0.15) is 0 Å². The monoisotopic (exact) mass is 339 g/mol. The molecule has 0 saturated heterocycles. The lowest BCUT2D eigenvalue weighted by Crippen LogP contribution is -2.29. The first-order chi connectivity index (χ1) is 12.1. The molecule has 0 fully saturated rings. The lowest BCUT2D eigenvalue weighted by molar-refractivity contribution is -0.120. The van der Waals surface area contributed by atoms with Crippen molar-refractivity contribution in [2.75, 3.05) is 6.54 Å². The van der Waals surface area contributed by atoms with Crippen molar-refractivity contribution in [3.63, 3.8) is 0 Å². The zero-order chi connectivity index (χ0) is 18.1. The van der Waals surface area contributed by atoms with Crippen LogP contribution in [-0.4, -0.2) is 35.6 Å². The summed E-state index contributed by atoms with van der Waals surface area (Å²) in [6, 6.07) is 15.0. The van der Waals surface area contributed by atoms with Gasteiger partial charge >= 0.3 is 5.97 Å². The number of hydrogen-bond donors (Lipinski definition) is 3. The maximum absolute atomic E-state index is 11.8. The molecule has 7 heteroatoms. The zero-order valence-electron chi connectivity index (χ0n) is 13.3. The Hall–Kier alpha value is -3.48. The molecular weight excluding hydrogens is 322 g/mol. The number of nitrogens with zero attached hydrogens (tertiary/aromatic N) is 1. The fourth-order valence-corrected chi connectivity index (χ4v) is 2.02. The fraction of sp³-hybridized carbons (Fsp3) is 0.111. The molecule has 2 rings (SSSR count). The van der Waals surface area contributed by atoms with E-state index < -0.39 is 11.9 Å². The molecule has 3 N–H and O–H groups in total. The summed E-state index contributed by atoms with van der Waals surface area (Å²) in [4.78, 5) is 34.5. The third-order valence-electron chi connectivity index (χ3n) is 3.26. The van der Waals surface area contributed by atoms with Gasteiger partial charge < -0.3 is 10.4 Å². The van der Waals surface area contributed by atoms with Crippen LogP contribution in [0.25, 0.3) is 0 Å². The Labute approximate surface area is 144 Å². The average Bonchev–Trinajstić information content (AvgIpc) is 2.62. The summed E-state index contributed by atoms with van der Waals surface area (Å²) < 4.78 is 0. The first kappa shape index (κ1) is 17.9. The molecule has 0 aliphatic carbocycles. The maximum atomic E-state index is 11.8. The van der Waals surface area contributed by atoms with Crippen molar-refractivity contribution < 1.29 is 19.5 Å². The molecule has 0 radical (unpaired) electrons. The number of amides is 2. The summed E-state index contributed by atoms with van der Waals surface area (Å²) >= 11 is 0. The van der Waals surface area contributed by atoms with Crippen LogP contribution in [0.15, 0.2) is 59.7 Å². The average molecular weight is 339 g/mol. The number of nitrogens with one attached hydrogen (secondary N) is 2. The Balaban J connectivity index is 1.78. The van der Waals surface area contributed by atoms with E-state index in [1.54, 1.807) is 42.5 Å². The highest BCUT2D eigenvalue weighted by molar-refractivity contribution is 5.98. The molecule has 0 spiro atoms. The predicted octanol–water partition coefficient (Wildman–Crippen LogP) is 1.66. The highest BCUT2D eigenvalue weighted by Gasteiger charge is 2.07. The first-order valence-electron chi connectivity index (χ1n) is 7.55. The minimum Gasteiger partial charge on any atom is -0.478 e. The van der Waals surface area contributed by atoms with Crippen LogP contribution in [0, 0.1) is 0 Å². The van der Waals surface area contributed by atoms with E-state index in [1.807, 2.05) is 6.07 Å². The molecule has 0 atom stereocenters. The van der Waals surface area contributed by atoms with Gasteiger partial charge in [0.25, 0.3) is 5.91 Å². The van der Waals surface area contributed by atoms with Crippen molar-refractivity contribution in [3.05, 3.63) is 71.3 Å². The molecular formula is C18H17N3O4. The van der Waals surface area contributed by atoms with Gasteiger partial charge in [0, 0.05) is 24.1 Å². The Morgan fingerprint density at radius 2 is 1.68 bits per heavy atom. The van der Waals surface area contributed by atoms with Gasteiger partial charge in [-0.3, -0.25) is 9.59 Å². The predicted molar refractivity (Wildman–Crippen MR) is 92.5 cm³/mol. The van der Waals surface area contributed by atoms with Gasteiger partial charge in [0.15, 0.2) is 0 Å². The van der Waals surface area contributed by atoms with Crippen molar-refractivity contribution in [2.24, 2.45) is 5.10 Å². The van der Waals surface area contributed by atoms with Crippen molar-refractivity contribution >= 4 is 24.0 Å². The van der Waals surface area contributed by atoms with Crippen LogP contribution in [0.2, 0.25) is 0 Å². The standard InChI is InChI=1S/C18H17N3O4/c22-16(10-11-19-17(23)13-6-2-1-3-7-13)21-20-12-14-8-4-5-9-15(14)18(24)25/h1-9,12H,10-11H2,(H,19,23)(H,21,22)(H,24,25). The number of benzene rings is 2. The van der Waals surface area contributed by atoms with Gasteiger partial charge in [-0.25, -0.2) is 10.2 Å². The lowest BCUT2D eigenvalue weighted by Gasteiger charge is -2.04. The normalized spacial score (nSPS) is 10.4. The van der Waals surface area contributed by atoms with Gasteiger partial charge in [-0.05, 0) is 18.2 Å². The lowest BCUT2D eigenvalue weighted by atomic mass is 10.1. The molecule has 2 aromatic rings. The number of aromatic carboxylic acids is 1. The van der Waals surface area contributed by atoms with Crippen LogP contribution in [0.4, 0.5) is 0 Å². The van der Waals surface area contributed by atoms with Gasteiger partial charge in [-0.1, -0.05) is 36.4 Å². The topological polar surface area (TPSA) is 108 Å². The van der Waals surface area contributed by atoms with Crippen LogP contribution >= 0.6 is 0 Å². The molecule has 0 aromatic heterocycles. The summed E-state index contributed by atoms with van der Waals surface area (Å²) in [5, 5.41) is 15.4. The van der Waals surface area contributed by atoms with Crippen molar-refractivity contribution in [1.82, 2.24) is 10.7 Å². The number of carboxylic acids is 1. The fourth-order valence-electron chi connectivity index (χ4n) is 2.02. The number of carboxylic acid groups (broad SMARTS) is 1. The highest BCUT2D eigenvalue weighted by Crippen LogP contribution is 2.05. The molecule has 0 aliphatic heterocycles. The second-order valence-corrected chi connectivity index (χ2v) is 5.06. The minimum absolute atomic E-state index is 0.0521. The quantitative estimate of drug-likeness (QED) is 0.526. The van der Waals surface area contributed by atoms with E-state index in [2.05, 4.69) is 15.8 Å². The number of carbonyl (C=O) groups excluding carboxylic acids is 2. The van der Waals surface area contributed by atoms with E-state index in [9.17, 15) is 14.4 Å². The molecule has 0 aliphatic rings. The molecule has 0 heterocycles. The van der Waals surface area contributed by atoms with Gasteiger partial charge in [-0.2, -0.15) is 5.10 Å². The molecule has 2 aromatic carbocycles. The minimum atomic E-state index is -1.07.